The second-order valence-electron chi connectivity index (χ2n) is 9.19. The van der Waals surface area contributed by atoms with Gasteiger partial charge in [0.15, 0.2) is 11.5 Å². The van der Waals surface area contributed by atoms with Gasteiger partial charge >= 0.3 is 0 Å². The van der Waals surface area contributed by atoms with Crippen molar-refractivity contribution in [3.05, 3.63) is 54.0 Å². The number of aryl methyl sites for hydroxylation is 1. The number of methoxy groups -OCH3 is 2. The van der Waals surface area contributed by atoms with Gasteiger partial charge in [0.1, 0.15) is 0 Å². The van der Waals surface area contributed by atoms with Gasteiger partial charge in [0.2, 0.25) is 0 Å². The van der Waals surface area contributed by atoms with Gasteiger partial charge in [-0.1, -0.05) is 6.07 Å². The molecular weight excluding hydrogens is 390 g/mol. The highest BCUT2D eigenvalue weighted by Crippen LogP contribution is 2.43. The first-order valence-electron chi connectivity index (χ1n) is 11.1. The Balaban J connectivity index is 1.34. The number of aliphatic hydroxyl groups is 1. The molecule has 0 amide bonds. The molecule has 5 rings (SSSR count). The van der Waals surface area contributed by atoms with Gasteiger partial charge in [-0.25, -0.2) is 0 Å². The summed E-state index contributed by atoms with van der Waals surface area (Å²) in [6.07, 6.45) is 7.63. The average Bonchev–Trinajstić information content (AvgIpc) is 3.20. The molecule has 2 bridgehead atoms. The Labute approximate surface area is 183 Å². The Morgan fingerprint density at radius 1 is 1.06 bits per heavy atom. The minimum atomic E-state index is -0.688. The van der Waals surface area contributed by atoms with Crippen molar-refractivity contribution >= 4 is 10.9 Å². The predicted molar refractivity (Wildman–Crippen MR) is 121 cm³/mol. The number of aromatic nitrogens is 2. The summed E-state index contributed by atoms with van der Waals surface area (Å²) in [4.78, 5) is 6.88. The molecule has 1 aromatic carbocycles. The second-order valence-corrected chi connectivity index (χ2v) is 9.19. The Bertz CT molecular complexity index is 1080. The van der Waals surface area contributed by atoms with Crippen LogP contribution < -0.4 is 9.47 Å². The molecule has 0 aliphatic carbocycles. The molecule has 3 atom stereocenters. The summed E-state index contributed by atoms with van der Waals surface area (Å²) in [6.45, 7) is 3.62. The molecule has 1 unspecified atom stereocenters. The van der Waals surface area contributed by atoms with Crippen LogP contribution in [0.4, 0.5) is 0 Å². The highest BCUT2D eigenvalue weighted by molar-refractivity contribution is 5.80. The highest BCUT2D eigenvalue weighted by Gasteiger charge is 2.47. The van der Waals surface area contributed by atoms with Gasteiger partial charge < -0.3 is 19.1 Å². The maximum absolute atomic E-state index is 11.6. The van der Waals surface area contributed by atoms with Gasteiger partial charge in [-0.15, -0.1) is 0 Å². The van der Waals surface area contributed by atoms with E-state index in [-0.39, 0.29) is 0 Å². The van der Waals surface area contributed by atoms with E-state index >= 15 is 0 Å². The molecule has 164 valence electrons. The van der Waals surface area contributed by atoms with Gasteiger partial charge in [0.05, 0.1) is 38.1 Å². The van der Waals surface area contributed by atoms with E-state index < -0.39 is 5.60 Å². The number of hydrogen-bond acceptors (Lipinski definition) is 5. The number of hydrogen-bond donors (Lipinski definition) is 1. The number of piperidine rings is 1. The van der Waals surface area contributed by atoms with Crippen LogP contribution in [0.5, 0.6) is 11.5 Å². The smallest absolute Gasteiger partial charge is 0.161 e. The van der Waals surface area contributed by atoms with Crippen molar-refractivity contribution < 1.29 is 14.6 Å². The third kappa shape index (κ3) is 3.68. The number of nitrogens with zero attached hydrogens (tertiary/aromatic N) is 3. The van der Waals surface area contributed by atoms with E-state index in [4.69, 9.17) is 9.47 Å². The number of rotatable bonds is 6. The van der Waals surface area contributed by atoms with Gasteiger partial charge in [0.25, 0.3) is 0 Å². The molecule has 1 N–H and O–H groups in total. The molecule has 3 aromatic rings. The van der Waals surface area contributed by atoms with Crippen LogP contribution in [-0.2, 0) is 13.1 Å². The fourth-order valence-electron chi connectivity index (χ4n) is 5.73. The van der Waals surface area contributed by atoms with E-state index in [0.29, 0.717) is 18.6 Å². The first kappa shape index (κ1) is 20.3. The number of fused-ring (bicyclic) bond motifs is 3. The number of benzene rings is 1. The van der Waals surface area contributed by atoms with Gasteiger partial charge in [-0.05, 0) is 62.4 Å². The average molecular weight is 422 g/mol. The Morgan fingerprint density at radius 3 is 2.52 bits per heavy atom. The standard InChI is InChI=1S/C25H31N3O3/c1-17-10-19-8-9-26-14-22(19)28(17)16-25(29)12-20-5-6-21(13-25)27(20)15-18-4-7-23(30-2)24(11-18)31-3/h4,7-11,14,20-21,29H,5-6,12-13,15-16H2,1-3H3/t20-,21+,25?. The highest BCUT2D eigenvalue weighted by atomic mass is 16.5. The van der Waals surface area contributed by atoms with Crippen molar-refractivity contribution in [1.29, 1.82) is 0 Å². The van der Waals surface area contributed by atoms with Crippen molar-refractivity contribution in [2.24, 2.45) is 0 Å². The molecule has 0 saturated carbocycles. The predicted octanol–water partition coefficient (Wildman–Crippen LogP) is 3.92. The molecule has 2 saturated heterocycles. The number of pyridine rings is 1. The van der Waals surface area contributed by atoms with Crippen LogP contribution in [0, 0.1) is 6.92 Å². The summed E-state index contributed by atoms with van der Waals surface area (Å²) < 4.78 is 13.1. The normalized spacial score (nSPS) is 25.8. The van der Waals surface area contributed by atoms with Crippen molar-refractivity contribution in [2.45, 2.75) is 63.4 Å². The molecule has 4 heterocycles. The quantitative estimate of drug-likeness (QED) is 0.654. The van der Waals surface area contributed by atoms with Crippen LogP contribution in [0.1, 0.15) is 36.9 Å². The van der Waals surface area contributed by atoms with Gasteiger partial charge in [-0.3, -0.25) is 9.88 Å². The van der Waals surface area contributed by atoms with Crippen molar-refractivity contribution in [1.82, 2.24) is 14.5 Å². The first-order valence-corrected chi connectivity index (χ1v) is 11.1. The number of ether oxygens (including phenoxy) is 2. The zero-order valence-corrected chi connectivity index (χ0v) is 18.5. The maximum Gasteiger partial charge on any atom is 0.161 e. The largest absolute Gasteiger partial charge is 0.493 e. The molecule has 2 aliphatic rings. The third-order valence-electron chi connectivity index (χ3n) is 7.18. The van der Waals surface area contributed by atoms with E-state index in [1.165, 1.54) is 16.6 Å². The van der Waals surface area contributed by atoms with Crippen LogP contribution in [0.2, 0.25) is 0 Å². The van der Waals surface area contributed by atoms with Crippen LogP contribution >= 0.6 is 0 Å². The zero-order valence-electron chi connectivity index (χ0n) is 18.5. The van der Waals surface area contributed by atoms with Crippen LogP contribution in [-0.4, -0.2) is 51.5 Å². The minimum Gasteiger partial charge on any atom is -0.493 e. The van der Waals surface area contributed by atoms with Crippen LogP contribution in [0.15, 0.2) is 42.7 Å². The first-order chi connectivity index (χ1) is 15.0. The molecule has 0 radical (unpaired) electrons. The molecule has 6 heteroatoms. The second kappa shape index (κ2) is 7.84. The van der Waals surface area contributed by atoms with E-state index in [1.54, 1.807) is 14.2 Å². The van der Waals surface area contributed by atoms with Gasteiger partial charge in [-0.2, -0.15) is 0 Å². The topological polar surface area (TPSA) is 59.8 Å². The van der Waals surface area contributed by atoms with E-state index in [9.17, 15) is 5.11 Å². The minimum absolute atomic E-state index is 0.400. The SMILES string of the molecule is COc1ccc(CN2[C@@H]3CC[C@H]2CC(O)(Cn2c(C)cc4ccncc42)C3)cc1OC. The molecule has 6 nitrogen and oxygen atoms in total. The zero-order chi connectivity index (χ0) is 21.6. The summed E-state index contributed by atoms with van der Waals surface area (Å²) in [6, 6.07) is 11.2. The summed E-state index contributed by atoms with van der Waals surface area (Å²) in [5, 5.41) is 12.8. The van der Waals surface area contributed by atoms with E-state index in [1.807, 2.05) is 24.5 Å². The lowest BCUT2D eigenvalue weighted by molar-refractivity contribution is -0.0647. The van der Waals surface area contributed by atoms with Crippen molar-refractivity contribution in [3.8, 4) is 11.5 Å². The molecule has 2 aromatic heterocycles. The van der Waals surface area contributed by atoms with Crippen molar-refractivity contribution in [3.63, 3.8) is 0 Å². The van der Waals surface area contributed by atoms with E-state index in [2.05, 4.69) is 39.6 Å². The third-order valence-corrected chi connectivity index (χ3v) is 7.18. The molecular formula is C25H31N3O3. The Kier molecular flexibility index (Phi) is 5.15. The summed E-state index contributed by atoms with van der Waals surface area (Å²) in [7, 11) is 3.34. The van der Waals surface area contributed by atoms with Crippen molar-refractivity contribution in [2.75, 3.05) is 14.2 Å². The van der Waals surface area contributed by atoms with Gasteiger partial charge in [0, 0.05) is 35.9 Å². The fourth-order valence-corrected chi connectivity index (χ4v) is 5.73. The summed E-state index contributed by atoms with van der Waals surface area (Å²) >= 11 is 0. The lowest BCUT2D eigenvalue weighted by Gasteiger charge is -2.44. The lowest BCUT2D eigenvalue weighted by Crippen LogP contribution is -2.52. The summed E-state index contributed by atoms with van der Waals surface area (Å²) in [5.74, 6) is 1.52. The van der Waals surface area contributed by atoms with Crippen LogP contribution in [0.25, 0.3) is 10.9 Å². The molecule has 31 heavy (non-hydrogen) atoms. The monoisotopic (exact) mass is 421 g/mol. The van der Waals surface area contributed by atoms with Crippen LogP contribution in [0.3, 0.4) is 0 Å². The lowest BCUT2D eigenvalue weighted by atomic mass is 9.85. The van der Waals surface area contributed by atoms with E-state index in [0.717, 1.165) is 49.2 Å². The summed E-state index contributed by atoms with van der Waals surface area (Å²) in [5.41, 5.74) is 2.82. The Hall–Kier alpha value is -2.57. The molecule has 2 aliphatic heterocycles. The Morgan fingerprint density at radius 2 is 1.81 bits per heavy atom. The maximum atomic E-state index is 11.6. The fraction of sp³-hybridized carbons (Fsp3) is 0.480. The molecule has 0 spiro atoms. The molecule has 2 fully saturated rings.